The van der Waals surface area contributed by atoms with Crippen LogP contribution in [0.2, 0.25) is 0 Å². The lowest BCUT2D eigenvalue weighted by molar-refractivity contribution is -0.120. The molecule has 1 atom stereocenters. The van der Waals surface area contributed by atoms with E-state index in [2.05, 4.69) is 31.2 Å². The molecule has 0 aliphatic heterocycles. The molecule has 20 heavy (non-hydrogen) atoms. The molecule has 1 aromatic heterocycles. The van der Waals surface area contributed by atoms with Crippen LogP contribution in [0.5, 0.6) is 0 Å². The number of carbonyl (C=O) groups is 2. The van der Waals surface area contributed by atoms with Crippen LogP contribution in [0.15, 0.2) is 12.4 Å². The summed E-state index contributed by atoms with van der Waals surface area (Å²) in [5.74, 6) is -0.880. The van der Waals surface area contributed by atoms with Gasteiger partial charge in [0.25, 0.3) is 0 Å². The van der Waals surface area contributed by atoms with Gasteiger partial charge in [0.15, 0.2) is 0 Å². The van der Waals surface area contributed by atoms with E-state index in [0.29, 0.717) is 18.7 Å². The van der Waals surface area contributed by atoms with Crippen LogP contribution in [-0.2, 0) is 16.1 Å². The van der Waals surface area contributed by atoms with Gasteiger partial charge in [0.1, 0.15) is 6.54 Å². The molecule has 112 valence electrons. The van der Waals surface area contributed by atoms with Crippen molar-refractivity contribution < 1.29 is 9.59 Å². The summed E-state index contributed by atoms with van der Waals surface area (Å²) in [4.78, 5) is 22.9. The molecule has 2 amide bonds. The first-order chi connectivity index (χ1) is 9.21. The number of primary amides is 1. The zero-order chi connectivity index (χ0) is 15.3. The monoisotopic (exact) mass is 281 g/mol. The molecule has 0 bridgehead atoms. The maximum absolute atomic E-state index is 12.1. The van der Waals surface area contributed by atoms with Crippen molar-refractivity contribution in [1.29, 1.82) is 0 Å². The largest absolute Gasteiger partial charge is 0.368 e. The van der Waals surface area contributed by atoms with E-state index in [0.717, 1.165) is 0 Å². The Morgan fingerprint density at radius 3 is 2.60 bits per heavy atom. The molecule has 0 saturated carbocycles. The second-order valence-corrected chi connectivity index (χ2v) is 6.08. The minimum absolute atomic E-state index is 0.0157. The van der Waals surface area contributed by atoms with E-state index in [1.807, 2.05) is 0 Å². The van der Waals surface area contributed by atoms with Gasteiger partial charge in [-0.05, 0) is 11.8 Å². The lowest BCUT2D eigenvalue weighted by Crippen LogP contribution is -2.32. The Balaban J connectivity index is 2.64. The fraction of sp³-hybridized carbons (Fsp3) is 0.615. The summed E-state index contributed by atoms with van der Waals surface area (Å²) in [6, 6.07) is 0. The Morgan fingerprint density at radius 2 is 2.10 bits per heavy atom. The number of nitrogens with one attached hydrogen (secondary N) is 1. The van der Waals surface area contributed by atoms with E-state index in [-0.39, 0.29) is 23.8 Å². The SMILES string of the molecule is CC(C)(C)CC(CN)C(=O)Nc1cnn(CC(N)=O)c1. The molecule has 0 fully saturated rings. The molecule has 0 radical (unpaired) electrons. The first kappa shape index (κ1) is 16.2. The summed E-state index contributed by atoms with van der Waals surface area (Å²) in [6.45, 7) is 6.46. The van der Waals surface area contributed by atoms with Gasteiger partial charge in [0.2, 0.25) is 11.8 Å². The molecule has 1 heterocycles. The van der Waals surface area contributed by atoms with Crippen LogP contribution in [0.25, 0.3) is 0 Å². The van der Waals surface area contributed by atoms with Gasteiger partial charge in [0.05, 0.1) is 17.8 Å². The lowest BCUT2D eigenvalue weighted by Gasteiger charge is -2.24. The van der Waals surface area contributed by atoms with Crippen molar-refractivity contribution >= 4 is 17.5 Å². The van der Waals surface area contributed by atoms with Crippen LogP contribution in [0.4, 0.5) is 5.69 Å². The molecular weight excluding hydrogens is 258 g/mol. The molecule has 0 spiro atoms. The number of hydrogen-bond donors (Lipinski definition) is 3. The maximum Gasteiger partial charge on any atom is 0.239 e. The Bertz CT molecular complexity index is 475. The van der Waals surface area contributed by atoms with Gasteiger partial charge < -0.3 is 16.8 Å². The first-order valence-electron chi connectivity index (χ1n) is 6.53. The van der Waals surface area contributed by atoms with E-state index in [4.69, 9.17) is 11.5 Å². The van der Waals surface area contributed by atoms with Gasteiger partial charge in [0, 0.05) is 12.7 Å². The van der Waals surface area contributed by atoms with Crippen LogP contribution in [0.3, 0.4) is 0 Å². The molecule has 5 N–H and O–H groups in total. The molecule has 7 heteroatoms. The summed E-state index contributed by atoms with van der Waals surface area (Å²) in [7, 11) is 0. The third-order valence-electron chi connectivity index (χ3n) is 2.73. The van der Waals surface area contributed by atoms with E-state index < -0.39 is 5.91 Å². The van der Waals surface area contributed by atoms with Gasteiger partial charge in [-0.3, -0.25) is 14.3 Å². The first-order valence-corrected chi connectivity index (χ1v) is 6.53. The Kier molecular flexibility index (Phi) is 5.26. The summed E-state index contributed by atoms with van der Waals surface area (Å²) >= 11 is 0. The summed E-state index contributed by atoms with van der Waals surface area (Å²) in [5.41, 5.74) is 11.3. The van der Waals surface area contributed by atoms with Gasteiger partial charge in [-0.2, -0.15) is 5.10 Å². The number of anilines is 1. The predicted octanol–water partition coefficient (Wildman–Crippen LogP) is 0.318. The number of carbonyl (C=O) groups excluding carboxylic acids is 2. The third-order valence-corrected chi connectivity index (χ3v) is 2.73. The van der Waals surface area contributed by atoms with Crippen molar-refractivity contribution in [2.45, 2.75) is 33.7 Å². The highest BCUT2D eigenvalue weighted by Crippen LogP contribution is 2.24. The number of amides is 2. The summed E-state index contributed by atoms with van der Waals surface area (Å²) < 4.78 is 1.37. The normalized spacial score (nSPS) is 13.0. The topological polar surface area (TPSA) is 116 Å². The maximum atomic E-state index is 12.1. The fourth-order valence-corrected chi connectivity index (χ4v) is 1.94. The fourth-order valence-electron chi connectivity index (χ4n) is 1.94. The highest BCUT2D eigenvalue weighted by atomic mass is 16.2. The van der Waals surface area contributed by atoms with Crippen molar-refractivity contribution in [2.75, 3.05) is 11.9 Å². The van der Waals surface area contributed by atoms with Crippen LogP contribution in [0, 0.1) is 11.3 Å². The third kappa shape index (κ3) is 5.40. The van der Waals surface area contributed by atoms with Gasteiger partial charge in [-0.25, -0.2) is 0 Å². The Hall–Kier alpha value is -1.89. The van der Waals surface area contributed by atoms with E-state index >= 15 is 0 Å². The smallest absolute Gasteiger partial charge is 0.239 e. The van der Waals surface area contributed by atoms with Crippen LogP contribution in [-0.4, -0.2) is 28.1 Å². The highest BCUT2D eigenvalue weighted by molar-refractivity contribution is 5.92. The minimum atomic E-state index is -0.487. The van der Waals surface area contributed by atoms with E-state index in [1.165, 1.54) is 10.9 Å². The van der Waals surface area contributed by atoms with Crippen molar-refractivity contribution in [2.24, 2.45) is 22.8 Å². The Morgan fingerprint density at radius 1 is 1.45 bits per heavy atom. The lowest BCUT2D eigenvalue weighted by atomic mass is 9.84. The Labute approximate surface area is 118 Å². The molecule has 1 aromatic rings. The van der Waals surface area contributed by atoms with Crippen molar-refractivity contribution in [3.8, 4) is 0 Å². The molecule has 0 saturated heterocycles. The van der Waals surface area contributed by atoms with Gasteiger partial charge in [-0.1, -0.05) is 20.8 Å². The molecule has 7 nitrogen and oxygen atoms in total. The summed E-state index contributed by atoms with van der Waals surface area (Å²) in [6.07, 6.45) is 3.74. The van der Waals surface area contributed by atoms with Crippen LogP contribution in [0.1, 0.15) is 27.2 Å². The average Bonchev–Trinajstić information content (AvgIpc) is 2.71. The van der Waals surface area contributed by atoms with E-state index in [1.54, 1.807) is 6.20 Å². The second kappa shape index (κ2) is 6.51. The molecule has 0 aromatic carbocycles. The number of rotatable bonds is 6. The molecular formula is C13H23N5O2. The number of nitrogens with two attached hydrogens (primary N) is 2. The predicted molar refractivity (Wildman–Crippen MR) is 76.7 cm³/mol. The van der Waals surface area contributed by atoms with Crippen LogP contribution < -0.4 is 16.8 Å². The van der Waals surface area contributed by atoms with Crippen molar-refractivity contribution in [3.63, 3.8) is 0 Å². The standard InChI is InChI=1S/C13H23N5O2/c1-13(2,3)4-9(5-14)12(20)17-10-6-16-18(7-10)8-11(15)19/h6-7,9H,4-5,8,14H2,1-3H3,(H2,15,19)(H,17,20). The van der Waals surface area contributed by atoms with E-state index in [9.17, 15) is 9.59 Å². The quantitative estimate of drug-likeness (QED) is 0.696. The van der Waals surface area contributed by atoms with Crippen molar-refractivity contribution in [3.05, 3.63) is 12.4 Å². The zero-order valence-corrected chi connectivity index (χ0v) is 12.2. The second-order valence-electron chi connectivity index (χ2n) is 6.08. The van der Waals surface area contributed by atoms with Crippen LogP contribution >= 0.6 is 0 Å². The number of nitrogens with zero attached hydrogens (tertiary/aromatic N) is 2. The van der Waals surface area contributed by atoms with Crippen molar-refractivity contribution in [1.82, 2.24) is 9.78 Å². The highest BCUT2D eigenvalue weighted by Gasteiger charge is 2.24. The number of hydrogen-bond acceptors (Lipinski definition) is 4. The minimum Gasteiger partial charge on any atom is -0.368 e. The molecule has 0 aliphatic carbocycles. The van der Waals surface area contributed by atoms with Gasteiger partial charge >= 0.3 is 0 Å². The molecule has 1 rings (SSSR count). The zero-order valence-electron chi connectivity index (χ0n) is 12.2. The van der Waals surface area contributed by atoms with Gasteiger partial charge in [-0.15, -0.1) is 0 Å². The molecule has 0 aliphatic rings. The number of aromatic nitrogens is 2. The summed E-state index contributed by atoms with van der Waals surface area (Å²) in [5, 5.41) is 6.69. The average molecular weight is 281 g/mol. The molecule has 1 unspecified atom stereocenters.